The number of β-lactam (4-membered cyclic amide) rings is 1. The number of imide groups is 1. The van der Waals surface area contributed by atoms with Gasteiger partial charge in [-0.2, -0.15) is 0 Å². The van der Waals surface area contributed by atoms with Crippen LogP contribution >= 0.6 is 0 Å². The summed E-state index contributed by atoms with van der Waals surface area (Å²) >= 11 is 0. The van der Waals surface area contributed by atoms with Crippen LogP contribution in [0.15, 0.2) is 22.8 Å². The average molecular weight is 263 g/mol. The minimum absolute atomic E-state index is 0.0941. The molecule has 19 heavy (non-hydrogen) atoms. The Morgan fingerprint density at radius 2 is 1.53 bits per heavy atom. The SMILES string of the molecule is CC(C)=CC(C(=O)N1C(=O)C(C)(C)C1(C)C)=C(C)C. The molecule has 3 heteroatoms. The van der Waals surface area contributed by atoms with Gasteiger partial charge >= 0.3 is 0 Å². The predicted octanol–water partition coefficient (Wildman–Crippen LogP) is 3.46. The van der Waals surface area contributed by atoms with Gasteiger partial charge in [-0.3, -0.25) is 14.5 Å². The van der Waals surface area contributed by atoms with Gasteiger partial charge < -0.3 is 0 Å². The molecule has 1 heterocycles. The van der Waals surface area contributed by atoms with Gasteiger partial charge in [0, 0.05) is 5.57 Å². The molecule has 0 atom stereocenters. The first-order valence-corrected chi connectivity index (χ1v) is 6.66. The molecule has 3 nitrogen and oxygen atoms in total. The normalized spacial score (nSPS) is 19.6. The van der Waals surface area contributed by atoms with E-state index in [4.69, 9.17) is 0 Å². The summed E-state index contributed by atoms with van der Waals surface area (Å²) < 4.78 is 0. The zero-order chi connectivity index (χ0) is 15.2. The summed E-state index contributed by atoms with van der Waals surface area (Å²) in [6.45, 7) is 15.4. The lowest BCUT2D eigenvalue weighted by atomic mass is 9.64. The Labute approximate surface area is 116 Å². The minimum Gasteiger partial charge on any atom is -0.274 e. The molecule has 0 aliphatic carbocycles. The first kappa shape index (κ1) is 15.7. The molecule has 0 unspecified atom stereocenters. The highest BCUT2D eigenvalue weighted by Crippen LogP contribution is 2.48. The van der Waals surface area contributed by atoms with Crippen molar-refractivity contribution in [2.24, 2.45) is 5.41 Å². The summed E-state index contributed by atoms with van der Waals surface area (Å²) in [4.78, 5) is 26.2. The van der Waals surface area contributed by atoms with Gasteiger partial charge in [-0.25, -0.2) is 0 Å². The summed E-state index contributed by atoms with van der Waals surface area (Å²) in [5.41, 5.74) is 1.67. The molecule has 1 aliphatic heterocycles. The van der Waals surface area contributed by atoms with Gasteiger partial charge in [-0.1, -0.05) is 17.2 Å². The number of carbonyl (C=O) groups is 2. The van der Waals surface area contributed by atoms with Crippen molar-refractivity contribution in [2.45, 2.75) is 60.9 Å². The van der Waals surface area contributed by atoms with Gasteiger partial charge in [0.15, 0.2) is 0 Å². The molecule has 2 amide bonds. The van der Waals surface area contributed by atoms with Crippen LogP contribution in [0.3, 0.4) is 0 Å². The second kappa shape index (κ2) is 4.62. The Morgan fingerprint density at radius 1 is 1.05 bits per heavy atom. The van der Waals surface area contributed by atoms with E-state index < -0.39 is 11.0 Å². The van der Waals surface area contributed by atoms with Crippen LogP contribution in [0.25, 0.3) is 0 Å². The van der Waals surface area contributed by atoms with Crippen molar-refractivity contribution in [3.05, 3.63) is 22.8 Å². The van der Waals surface area contributed by atoms with Crippen LogP contribution in [0.4, 0.5) is 0 Å². The molecule has 0 radical (unpaired) electrons. The highest BCUT2D eigenvalue weighted by Gasteiger charge is 2.62. The average Bonchev–Trinajstić information content (AvgIpc) is 2.24. The maximum atomic E-state index is 12.6. The van der Waals surface area contributed by atoms with E-state index in [9.17, 15) is 9.59 Å². The number of hydrogen-bond donors (Lipinski definition) is 0. The molecule has 1 aliphatic rings. The standard InChI is InChI=1S/C16H25NO2/c1-10(2)9-12(11(3)4)13(18)17-14(19)15(5,6)16(17,7)8/h9H,1-8H3. The van der Waals surface area contributed by atoms with E-state index in [0.29, 0.717) is 5.57 Å². The molecule has 0 saturated carbocycles. The van der Waals surface area contributed by atoms with Crippen molar-refractivity contribution in [3.63, 3.8) is 0 Å². The maximum Gasteiger partial charge on any atom is 0.260 e. The molecule has 0 aromatic rings. The van der Waals surface area contributed by atoms with Gasteiger partial charge in [-0.15, -0.1) is 0 Å². The topological polar surface area (TPSA) is 37.4 Å². The molecule has 1 fully saturated rings. The number of likely N-dealkylation sites (tertiary alicyclic amines) is 1. The van der Waals surface area contributed by atoms with Crippen LogP contribution < -0.4 is 0 Å². The zero-order valence-corrected chi connectivity index (χ0v) is 13.3. The Balaban J connectivity index is 3.20. The monoisotopic (exact) mass is 263 g/mol. The molecular weight excluding hydrogens is 238 g/mol. The summed E-state index contributed by atoms with van der Waals surface area (Å²) in [6.07, 6.45) is 1.85. The van der Waals surface area contributed by atoms with Crippen LogP contribution in [0.2, 0.25) is 0 Å². The van der Waals surface area contributed by atoms with Crippen molar-refractivity contribution in [1.29, 1.82) is 0 Å². The number of rotatable bonds is 2. The van der Waals surface area contributed by atoms with Crippen molar-refractivity contribution in [1.82, 2.24) is 4.90 Å². The van der Waals surface area contributed by atoms with E-state index in [-0.39, 0.29) is 11.8 Å². The Kier molecular flexibility index (Phi) is 3.81. The molecular formula is C16H25NO2. The number of hydrogen-bond acceptors (Lipinski definition) is 2. The van der Waals surface area contributed by atoms with E-state index in [1.807, 2.05) is 61.5 Å². The van der Waals surface area contributed by atoms with Gasteiger partial charge in [0.1, 0.15) is 0 Å². The molecule has 106 valence electrons. The molecule has 1 rings (SSSR count). The molecule has 0 bridgehead atoms. The fourth-order valence-corrected chi connectivity index (χ4v) is 2.20. The zero-order valence-electron chi connectivity index (χ0n) is 13.3. The van der Waals surface area contributed by atoms with Crippen LogP contribution in [0, 0.1) is 5.41 Å². The van der Waals surface area contributed by atoms with Crippen molar-refractivity contribution in [2.75, 3.05) is 0 Å². The molecule has 0 N–H and O–H groups in total. The number of allylic oxidation sites excluding steroid dienone is 2. The quantitative estimate of drug-likeness (QED) is 0.434. The highest BCUT2D eigenvalue weighted by molar-refractivity contribution is 6.12. The van der Waals surface area contributed by atoms with Gasteiger partial charge in [-0.05, 0) is 55.4 Å². The fourth-order valence-electron chi connectivity index (χ4n) is 2.20. The van der Waals surface area contributed by atoms with Crippen LogP contribution in [0.5, 0.6) is 0 Å². The van der Waals surface area contributed by atoms with E-state index in [2.05, 4.69) is 0 Å². The van der Waals surface area contributed by atoms with Gasteiger partial charge in [0.2, 0.25) is 5.91 Å². The van der Waals surface area contributed by atoms with Crippen molar-refractivity contribution in [3.8, 4) is 0 Å². The van der Waals surface area contributed by atoms with Crippen molar-refractivity contribution < 1.29 is 9.59 Å². The smallest absolute Gasteiger partial charge is 0.260 e. The Bertz CT molecular complexity index is 485. The molecule has 0 spiro atoms. The van der Waals surface area contributed by atoms with Gasteiger partial charge in [0.05, 0.1) is 11.0 Å². The number of carbonyl (C=O) groups excluding carboxylic acids is 2. The first-order valence-electron chi connectivity index (χ1n) is 6.66. The lowest BCUT2D eigenvalue weighted by molar-refractivity contribution is -0.186. The van der Waals surface area contributed by atoms with E-state index in [0.717, 1.165) is 11.1 Å². The third kappa shape index (κ3) is 2.26. The summed E-state index contributed by atoms with van der Waals surface area (Å²) in [5, 5.41) is 0. The first-order chi connectivity index (χ1) is 8.44. The summed E-state index contributed by atoms with van der Waals surface area (Å²) in [6, 6.07) is 0. The van der Waals surface area contributed by atoms with E-state index in [1.54, 1.807) is 0 Å². The molecule has 1 saturated heterocycles. The highest BCUT2D eigenvalue weighted by atomic mass is 16.2. The minimum atomic E-state index is -0.486. The third-order valence-corrected chi connectivity index (χ3v) is 4.23. The molecule has 0 aromatic carbocycles. The number of nitrogens with zero attached hydrogens (tertiary/aromatic N) is 1. The Morgan fingerprint density at radius 3 is 1.84 bits per heavy atom. The number of amides is 2. The predicted molar refractivity (Wildman–Crippen MR) is 77.5 cm³/mol. The molecule has 0 aromatic heterocycles. The maximum absolute atomic E-state index is 12.6. The van der Waals surface area contributed by atoms with E-state index in [1.165, 1.54) is 4.90 Å². The van der Waals surface area contributed by atoms with Gasteiger partial charge in [0.25, 0.3) is 5.91 Å². The summed E-state index contributed by atoms with van der Waals surface area (Å²) in [5.74, 6) is -0.279. The van der Waals surface area contributed by atoms with Crippen molar-refractivity contribution >= 4 is 11.8 Å². The summed E-state index contributed by atoms with van der Waals surface area (Å²) in [7, 11) is 0. The lowest BCUT2D eigenvalue weighted by Crippen LogP contribution is -2.74. The van der Waals surface area contributed by atoms with Crippen LogP contribution in [-0.2, 0) is 9.59 Å². The van der Waals surface area contributed by atoms with Crippen LogP contribution in [-0.4, -0.2) is 22.3 Å². The fraction of sp³-hybridized carbons (Fsp3) is 0.625. The Hall–Kier alpha value is -1.38. The van der Waals surface area contributed by atoms with Crippen LogP contribution in [0.1, 0.15) is 55.4 Å². The largest absolute Gasteiger partial charge is 0.274 e. The second-order valence-electron chi connectivity index (χ2n) is 6.77. The third-order valence-electron chi connectivity index (χ3n) is 4.23. The second-order valence-corrected chi connectivity index (χ2v) is 6.77. The lowest BCUT2D eigenvalue weighted by Gasteiger charge is -2.58. The van der Waals surface area contributed by atoms with E-state index >= 15 is 0 Å².